The summed E-state index contributed by atoms with van der Waals surface area (Å²) in [5.41, 5.74) is 2.15. The molecule has 0 radical (unpaired) electrons. The molecule has 1 saturated heterocycles. The van der Waals surface area contributed by atoms with E-state index in [2.05, 4.69) is 44.1 Å². The summed E-state index contributed by atoms with van der Waals surface area (Å²) in [6.45, 7) is 6.73. The van der Waals surface area contributed by atoms with Crippen LogP contribution in [0.5, 0.6) is 0 Å². The van der Waals surface area contributed by atoms with Crippen LogP contribution in [0, 0.1) is 5.82 Å². The number of halogens is 1. The summed E-state index contributed by atoms with van der Waals surface area (Å²) in [7, 11) is 2.05. The zero-order chi connectivity index (χ0) is 25.9. The molecule has 1 aliphatic rings. The zero-order valence-electron chi connectivity index (χ0n) is 20.2. The molecule has 37 heavy (non-hydrogen) atoms. The number of carbonyl (C=O) groups excluding carboxylic acids is 1. The lowest BCUT2D eigenvalue weighted by molar-refractivity contribution is -0.111. The van der Waals surface area contributed by atoms with Gasteiger partial charge in [0, 0.05) is 50.3 Å². The average Bonchev–Trinajstić information content (AvgIpc) is 2.90. The van der Waals surface area contributed by atoms with Crippen molar-refractivity contribution >= 4 is 40.0 Å². The molecule has 0 bridgehead atoms. The molecule has 1 fully saturated rings. The number of fused-ring (bicyclic) bond motifs is 1. The van der Waals surface area contributed by atoms with Crippen LogP contribution in [0.15, 0.2) is 72.6 Å². The van der Waals surface area contributed by atoms with Crippen LogP contribution in [-0.2, 0) is 4.79 Å². The van der Waals surface area contributed by atoms with E-state index in [0.29, 0.717) is 33.8 Å². The number of anilines is 4. The van der Waals surface area contributed by atoms with Gasteiger partial charge in [-0.3, -0.25) is 19.1 Å². The van der Waals surface area contributed by atoms with Gasteiger partial charge >= 0.3 is 0 Å². The molecule has 0 spiro atoms. The summed E-state index contributed by atoms with van der Waals surface area (Å²) in [5, 5.41) is 5.99. The van der Waals surface area contributed by atoms with E-state index in [1.807, 2.05) is 4.90 Å². The first-order valence-electron chi connectivity index (χ1n) is 11.7. The fourth-order valence-electron chi connectivity index (χ4n) is 4.14. The summed E-state index contributed by atoms with van der Waals surface area (Å²) >= 11 is 0. The lowest BCUT2D eigenvalue weighted by Gasteiger charge is -2.34. The van der Waals surface area contributed by atoms with Crippen molar-refractivity contribution in [2.24, 2.45) is 0 Å². The van der Waals surface area contributed by atoms with Crippen molar-refractivity contribution < 1.29 is 9.18 Å². The van der Waals surface area contributed by atoms with Crippen LogP contribution < -0.4 is 21.0 Å². The number of nitrogens with zero attached hydrogens (tertiary/aromatic N) is 6. The van der Waals surface area contributed by atoms with E-state index in [0.717, 1.165) is 32.3 Å². The summed E-state index contributed by atoms with van der Waals surface area (Å²) in [4.78, 5) is 41.4. The minimum Gasteiger partial charge on any atom is -0.367 e. The number of hydrogen-bond donors (Lipinski definition) is 2. The predicted molar refractivity (Wildman–Crippen MR) is 141 cm³/mol. The smallest absolute Gasteiger partial charge is 0.247 e. The summed E-state index contributed by atoms with van der Waals surface area (Å²) < 4.78 is 16.6. The Morgan fingerprint density at radius 3 is 2.65 bits per heavy atom. The molecule has 0 unspecified atom stereocenters. The van der Waals surface area contributed by atoms with Crippen LogP contribution in [-0.4, -0.2) is 63.6 Å². The lowest BCUT2D eigenvalue weighted by atomic mass is 10.2. The molecule has 2 N–H and O–H groups in total. The van der Waals surface area contributed by atoms with E-state index in [4.69, 9.17) is 0 Å². The van der Waals surface area contributed by atoms with Crippen molar-refractivity contribution in [1.82, 2.24) is 24.4 Å². The minimum absolute atomic E-state index is 0.197. The van der Waals surface area contributed by atoms with Gasteiger partial charge in [-0.2, -0.15) is 4.98 Å². The molecule has 1 aromatic carbocycles. The van der Waals surface area contributed by atoms with Crippen LogP contribution in [0.3, 0.4) is 0 Å². The molecule has 3 aromatic heterocycles. The second-order valence-corrected chi connectivity index (χ2v) is 8.69. The Morgan fingerprint density at radius 2 is 1.89 bits per heavy atom. The quantitative estimate of drug-likeness (QED) is 0.389. The Labute approximate surface area is 212 Å². The lowest BCUT2D eigenvalue weighted by Crippen LogP contribution is -2.44. The topological polar surface area (TPSA) is 108 Å². The fraction of sp³-hybridized carbons (Fsp3) is 0.192. The first-order chi connectivity index (χ1) is 17.9. The number of hydrogen-bond acceptors (Lipinski definition) is 8. The molecule has 188 valence electrons. The van der Waals surface area contributed by atoms with Crippen LogP contribution in [0.2, 0.25) is 0 Å². The number of carbonyl (C=O) groups is 1. The second-order valence-electron chi connectivity index (χ2n) is 8.69. The maximum Gasteiger partial charge on any atom is 0.247 e. The monoisotopic (exact) mass is 500 g/mol. The van der Waals surface area contributed by atoms with Gasteiger partial charge in [0.1, 0.15) is 5.82 Å². The van der Waals surface area contributed by atoms with Crippen molar-refractivity contribution in [3.05, 3.63) is 83.8 Å². The molecule has 4 heterocycles. The molecule has 4 aromatic rings. The maximum absolute atomic E-state index is 15.0. The van der Waals surface area contributed by atoms with Crippen molar-refractivity contribution in [2.75, 3.05) is 48.8 Å². The molecule has 5 rings (SSSR count). The zero-order valence-corrected chi connectivity index (χ0v) is 20.2. The van der Waals surface area contributed by atoms with Crippen LogP contribution in [0.1, 0.15) is 0 Å². The Balaban J connectivity index is 1.45. The van der Waals surface area contributed by atoms with Gasteiger partial charge in [0.05, 0.1) is 34.8 Å². The van der Waals surface area contributed by atoms with Crippen molar-refractivity contribution in [3.8, 4) is 5.69 Å². The highest BCUT2D eigenvalue weighted by Gasteiger charge is 2.18. The number of likely N-dealkylation sites (N-methyl/N-ethyl adjacent to an activating group) is 1. The Morgan fingerprint density at radius 1 is 1.08 bits per heavy atom. The number of piperazine rings is 1. The standard InChI is InChI=1S/C26H25FN8O2/c1-3-24(37)30-18-12-19(15-28-14-18)35-7-6-23(36)20-16-29-26(32-25(20)35)31-17-4-5-22(21(27)13-17)34-10-8-33(2)9-11-34/h3-7,12-16H,1,8-11H2,2H3,(H,30,37)(H,29,31,32). The molecule has 0 aliphatic carbocycles. The highest BCUT2D eigenvalue weighted by molar-refractivity contribution is 5.98. The average molecular weight is 501 g/mol. The third-order valence-electron chi connectivity index (χ3n) is 6.14. The van der Waals surface area contributed by atoms with Crippen molar-refractivity contribution in [2.45, 2.75) is 0 Å². The van der Waals surface area contributed by atoms with Gasteiger partial charge in [-0.15, -0.1) is 0 Å². The van der Waals surface area contributed by atoms with Crippen LogP contribution >= 0.6 is 0 Å². The fourth-order valence-corrected chi connectivity index (χ4v) is 4.14. The summed E-state index contributed by atoms with van der Waals surface area (Å²) in [6.07, 6.45) is 7.23. The van der Waals surface area contributed by atoms with E-state index >= 15 is 0 Å². The maximum atomic E-state index is 15.0. The van der Waals surface area contributed by atoms with Gasteiger partial charge in [0.25, 0.3) is 0 Å². The number of nitrogens with one attached hydrogen (secondary N) is 2. The molecule has 1 amide bonds. The van der Waals surface area contributed by atoms with Gasteiger partial charge in [-0.05, 0) is 37.4 Å². The largest absolute Gasteiger partial charge is 0.367 e. The first-order valence-corrected chi connectivity index (χ1v) is 11.7. The minimum atomic E-state index is -0.372. The van der Waals surface area contributed by atoms with Crippen molar-refractivity contribution in [3.63, 3.8) is 0 Å². The summed E-state index contributed by atoms with van der Waals surface area (Å²) in [6, 6.07) is 8.03. The van der Waals surface area contributed by atoms with Gasteiger partial charge in [0.15, 0.2) is 11.1 Å². The Bertz CT molecular complexity index is 1550. The molecule has 11 heteroatoms. The van der Waals surface area contributed by atoms with Gasteiger partial charge < -0.3 is 20.4 Å². The van der Waals surface area contributed by atoms with Crippen molar-refractivity contribution in [1.29, 1.82) is 0 Å². The van der Waals surface area contributed by atoms with Crippen LogP contribution in [0.25, 0.3) is 16.7 Å². The third kappa shape index (κ3) is 5.16. The van der Waals surface area contributed by atoms with E-state index in [1.54, 1.807) is 35.2 Å². The molecule has 0 atom stereocenters. The highest BCUT2D eigenvalue weighted by atomic mass is 19.1. The SMILES string of the molecule is C=CC(=O)Nc1cncc(-n2ccc(=O)c3cnc(Nc4ccc(N5CCN(C)CC5)c(F)c4)nc32)c1. The molecular weight excluding hydrogens is 475 g/mol. The predicted octanol–water partition coefficient (Wildman–Crippen LogP) is 2.93. The van der Waals surface area contributed by atoms with Gasteiger partial charge in [-0.1, -0.05) is 6.58 Å². The number of rotatable bonds is 6. The normalized spacial score (nSPS) is 13.9. The number of amides is 1. The van der Waals surface area contributed by atoms with Crippen LogP contribution in [0.4, 0.5) is 27.4 Å². The molecule has 10 nitrogen and oxygen atoms in total. The molecule has 1 aliphatic heterocycles. The second kappa shape index (κ2) is 10.2. The number of benzene rings is 1. The van der Waals surface area contributed by atoms with Gasteiger partial charge in [0.2, 0.25) is 11.9 Å². The first kappa shape index (κ1) is 24.1. The highest BCUT2D eigenvalue weighted by Crippen LogP contribution is 2.26. The third-order valence-corrected chi connectivity index (χ3v) is 6.14. The van der Waals surface area contributed by atoms with E-state index in [9.17, 15) is 14.0 Å². The van der Waals surface area contributed by atoms with E-state index in [1.165, 1.54) is 24.5 Å². The van der Waals surface area contributed by atoms with Gasteiger partial charge in [-0.25, -0.2) is 9.37 Å². The Kier molecular flexibility index (Phi) is 6.60. The Hall–Kier alpha value is -4.64. The van der Waals surface area contributed by atoms with E-state index < -0.39 is 0 Å². The molecular formula is C26H25FN8O2. The van der Waals surface area contributed by atoms with E-state index in [-0.39, 0.29) is 23.1 Å². The summed E-state index contributed by atoms with van der Waals surface area (Å²) in [5.74, 6) is -0.511. The number of aromatic nitrogens is 4. The molecule has 0 saturated carbocycles. The number of pyridine rings is 2.